The fourth-order valence-corrected chi connectivity index (χ4v) is 3.87. The highest BCUT2D eigenvalue weighted by Crippen LogP contribution is 2.28. The fraction of sp³-hybridized carbons (Fsp3) is 0.250. The third kappa shape index (κ3) is 5.53. The highest BCUT2D eigenvalue weighted by atomic mass is 35.5. The van der Waals surface area contributed by atoms with Crippen molar-refractivity contribution in [2.24, 2.45) is 5.73 Å². The Balaban J connectivity index is 1.52. The van der Waals surface area contributed by atoms with E-state index in [0.29, 0.717) is 16.7 Å². The van der Waals surface area contributed by atoms with Crippen LogP contribution in [-0.2, 0) is 16.1 Å². The number of carbonyl (C=O) groups excluding carboxylic acids is 3. The number of benzene rings is 1. The normalized spacial score (nSPS) is 12.7. The van der Waals surface area contributed by atoms with Crippen molar-refractivity contribution >= 4 is 73.8 Å². The molecule has 1 aliphatic rings. The molecule has 1 aromatic carbocycles. The van der Waals surface area contributed by atoms with Gasteiger partial charge in [-0.15, -0.1) is 0 Å². The van der Waals surface area contributed by atoms with E-state index in [1.54, 1.807) is 24.3 Å². The van der Waals surface area contributed by atoms with E-state index in [-0.39, 0.29) is 41.8 Å². The van der Waals surface area contributed by atoms with Crippen molar-refractivity contribution in [2.45, 2.75) is 25.4 Å². The molecule has 0 aliphatic heterocycles. The standard InChI is InChI=1S/C20H23B3ClN7O3/c21-22-23-28-11-4-7-14-13(8-11)19(20(25)34)29-31(14)10-18(33)30(12-5-6-12)9-17(32)27-16-3-1-2-15(24)26-16/h1-4,7-8,12,22-23,28H,5-6,9-10,21H2,(H2,25,34)(H,26,27,32). The highest BCUT2D eigenvalue weighted by Gasteiger charge is 2.34. The van der Waals surface area contributed by atoms with Gasteiger partial charge >= 0.3 is 0 Å². The molecule has 34 heavy (non-hydrogen) atoms. The first-order chi connectivity index (χ1) is 16.4. The second-order valence-electron chi connectivity index (χ2n) is 8.18. The van der Waals surface area contributed by atoms with Gasteiger partial charge in [0.15, 0.2) is 13.0 Å². The monoisotopic (exact) mass is 477 g/mol. The van der Waals surface area contributed by atoms with Gasteiger partial charge in [0.25, 0.3) is 5.91 Å². The first-order valence-electron chi connectivity index (χ1n) is 11.1. The van der Waals surface area contributed by atoms with E-state index in [9.17, 15) is 14.4 Å². The van der Waals surface area contributed by atoms with Crippen LogP contribution in [0.4, 0.5) is 11.5 Å². The Morgan fingerprint density at radius 3 is 2.74 bits per heavy atom. The molecule has 0 bridgehead atoms. The average Bonchev–Trinajstić information content (AvgIpc) is 3.57. The molecule has 0 spiro atoms. The number of nitrogens with two attached hydrogens (primary N) is 1. The van der Waals surface area contributed by atoms with Gasteiger partial charge in [0.05, 0.1) is 20.3 Å². The summed E-state index contributed by atoms with van der Waals surface area (Å²) in [5, 5.41) is 11.1. The Morgan fingerprint density at radius 2 is 2.06 bits per heavy atom. The molecule has 4 rings (SSSR count). The largest absolute Gasteiger partial charge is 0.439 e. The summed E-state index contributed by atoms with van der Waals surface area (Å²) in [4.78, 5) is 43.3. The van der Waals surface area contributed by atoms with Crippen molar-refractivity contribution < 1.29 is 14.4 Å². The number of nitrogens with zero attached hydrogens (tertiary/aromatic N) is 4. The predicted molar refractivity (Wildman–Crippen MR) is 137 cm³/mol. The first kappa shape index (κ1) is 23.7. The van der Waals surface area contributed by atoms with E-state index in [4.69, 9.17) is 17.3 Å². The number of pyridine rings is 1. The molecular formula is C20H23B3ClN7O3. The van der Waals surface area contributed by atoms with E-state index in [0.717, 1.165) is 32.9 Å². The number of hydrogen-bond acceptors (Lipinski definition) is 6. The zero-order valence-corrected chi connectivity index (χ0v) is 19.5. The second-order valence-corrected chi connectivity index (χ2v) is 8.56. The van der Waals surface area contributed by atoms with Crippen LogP contribution in [0.1, 0.15) is 23.3 Å². The maximum absolute atomic E-state index is 13.2. The molecule has 3 aromatic rings. The molecule has 0 radical (unpaired) electrons. The Labute approximate surface area is 203 Å². The molecule has 2 aromatic heterocycles. The predicted octanol–water partition coefficient (Wildman–Crippen LogP) is -0.524. The average molecular weight is 477 g/mol. The van der Waals surface area contributed by atoms with Gasteiger partial charge in [-0.25, -0.2) is 4.98 Å². The summed E-state index contributed by atoms with van der Waals surface area (Å²) in [5.74, 6) is -0.997. The van der Waals surface area contributed by atoms with Gasteiger partial charge in [-0.1, -0.05) is 17.7 Å². The number of nitrogens with one attached hydrogen (secondary N) is 2. The number of amides is 3. The topological polar surface area (TPSA) is 135 Å². The van der Waals surface area contributed by atoms with Crippen LogP contribution in [0.25, 0.3) is 10.9 Å². The number of halogens is 1. The zero-order valence-electron chi connectivity index (χ0n) is 18.8. The molecule has 172 valence electrons. The summed E-state index contributed by atoms with van der Waals surface area (Å²) in [5.41, 5.74) is 7.11. The van der Waals surface area contributed by atoms with Gasteiger partial charge in [0.1, 0.15) is 24.1 Å². The molecule has 10 nitrogen and oxygen atoms in total. The summed E-state index contributed by atoms with van der Waals surface area (Å²) >= 11 is 5.87. The van der Waals surface area contributed by atoms with Gasteiger partial charge in [0.2, 0.25) is 11.8 Å². The lowest BCUT2D eigenvalue weighted by Gasteiger charge is -2.22. The maximum Gasteiger partial charge on any atom is 0.269 e. The molecule has 14 heteroatoms. The molecule has 4 N–H and O–H groups in total. The summed E-state index contributed by atoms with van der Waals surface area (Å²) in [6.45, 7) is -0.241. The van der Waals surface area contributed by atoms with E-state index in [1.807, 2.05) is 12.1 Å². The van der Waals surface area contributed by atoms with Gasteiger partial charge in [-0.3, -0.25) is 19.1 Å². The van der Waals surface area contributed by atoms with Crippen molar-refractivity contribution in [2.75, 3.05) is 17.1 Å². The van der Waals surface area contributed by atoms with Crippen LogP contribution in [0, 0.1) is 0 Å². The summed E-state index contributed by atoms with van der Waals surface area (Å²) < 4.78 is 1.47. The Kier molecular flexibility index (Phi) is 7.11. The molecule has 0 saturated heterocycles. The van der Waals surface area contributed by atoms with Crippen LogP contribution < -0.4 is 16.3 Å². The van der Waals surface area contributed by atoms with Gasteiger partial charge in [0, 0.05) is 17.1 Å². The van der Waals surface area contributed by atoms with Crippen LogP contribution in [0.2, 0.25) is 5.15 Å². The fourth-order valence-electron chi connectivity index (χ4n) is 3.70. The maximum atomic E-state index is 13.2. The lowest BCUT2D eigenvalue weighted by atomic mass is 9.33. The van der Waals surface area contributed by atoms with Crippen molar-refractivity contribution in [1.29, 1.82) is 0 Å². The number of anilines is 2. The highest BCUT2D eigenvalue weighted by molar-refractivity contribution is 7.24. The third-order valence-electron chi connectivity index (χ3n) is 5.45. The van der Waals surface area contributed by atoms with Crippen LogP contribution in [0.5, 0.6) is 0 Å². The Hall–Kier alpha value is -3.47. The molecule has 2 heterocycles. The minimum Gasteiger partial charge on any atom is -0.439 e. The molecule has 0 unspecified atom stereocenters. The lowest BCUT2D eigenvalue weighted by molar-refractivity contribution is -0.135. The van der Waals surface area contributed by atoms with Crippen LogP contribution in [0.15, 0.2) is 36.4 Å². The summed E-state index contributed by atoms with van der Waals surface area (Å²) in [6, 6.07) is 10.4. The molecule has 1 fully saturated rings. The van der Waals surface area contributed by atoms with Crippen LogP contribution in [-0.4, -0.2) is 72.1 Å². The van der Waals surface area contributed by atoms with E-state index < -0.39 is 5.91 Å². The van der Waals surface area contributed by atoms with E-state index >= 15 is 0 Å². The van der Waals surface area contributed by atoms with E-state index in [2.05, 4.69) is 28.4 Å². The molecule has 0 atom stereocenters. The number of rotatable bonds is 10. The molecular weight excluding hydrogens is 454 g/mol. The van der Waals surface area contributed by atoms with Crippen LogP contribution >= 0.6 is 11.6 Å². The van der Waals surface area contributed by atoms with Crippen molar-refractivity contribution in [3.63, 3.8) is 0 Å². The zero-order chi connectivity index (χ0) is 24.2. The number of hydrogen-bond donors (Lipinski definition) is 3. The number of fused-ring (bicyclic) bond motifs is 1. The quantitative estimate of drug-likeness (QED) is 0.266. The first-order valence-corrected chi connectivity index (χ1v) is 11.5. The summed E-state index contributed by atoms with van der Waals surface area (Å²) in [7, 11) is 3.79. The van der Waals surface area contributed by atoms with Gasteiger partial charge in [-0.05, 0) is 43.2 Å². The number of aromatic nitrogens is 3. The number of primary amides is 1. The van der Waals surface area contributed by atoms with Crippen LogP contribution in [0.3, 0.4) is 0 Å². The lowest BCUT2D eigenvalue weighted by Crippen LogP contribution is -2.41. The molecule has 1 saturated carbocycles. The van der Waals surface area contributed by atoms with E-state index in [1.165, 1.54) is 9.58 Å². The second kappa shape index (κ2) is 10.2. The molecule has 1 aliphatic carbocycles. The Morgan fingerprint density at radius 1 is 1.26 bits per heavy atom. The number of carbonyl (C=O) groups is 3. The van der Waals surface area contributed by atoms with Gasteiger partial charge in [-0.2, -0.15) is 5.10 Å². The smallest absolute Gasteiger partial charge is 0.269 e. The van der Waals surface area contributed by atoms with Crippen molar-refractivity contribution in [3.05, 3.63) is 47.2 Å². The summed E-state index contributed by atoms with van der Waals surface area (Å²) in [6.07, 6.45) is 1.65. The minimum absolute atomic E-state index is 0.00662. The SMILES string of the molecule is BBBNc1ccc2c(c1)c(C(N)=O)nn2CC(=O)N(CC(=O)Nc1cccc(Cl)n1)C1CC1. The third-order valence-corrected chi connectivity index (χ3v) is 5.66. The molecule has 3 amide bonds. The minimum atomic E-state index is -0.670. The van der Waals surface area contributed by atoms with Gasteiger partial charge < -0.3 is 21.2 Å². The Bertz CT molecular complexity index is 1250. The van der Waals surface area contributed by atoms with Crippen molar-refractivity contribution in [1.82, 2.24) is 19.7 Å². The van der Waals surface area contributed by atoms with Crippen molar-refractivity contribution in [3.8, 4) is 0 Å².